The Morgan fingerprint density at radius 2 is 2.05 bits per heavy atom. The number of aromatic carboxylic acids is 1. The van der Waals surface area contributed by atoms with Gasteiger partial charge >= 0.3 is 5.97 Å². The van der Waals surface area contributed by atoms with Crippen molar-refractivity contribution in [1.29, 1.82) is 0 Å². The second kappa shape index (κ2) is 5.05. The molecule has 116 valence electrons. The molecular formula is C15H19FO5. The van der Waals surface area contributed by atoms with Crippen molar-refractivity contribution in [2.24, 2.45) is 0 Å². The molecule has 0 bridgehead atoms. The first-order chi connectivity index (χ1) is 9.64. The van der Waals surface area contributed by atoms with Crippen LogP contribution >= 0.6 is 0 Å². The predicted molar refractivity (Wildman–Crippen MR) is 72.9 cm³/mol. The Labute approximate surface area is 122 Å². The fourth-order valence-electron chi connectivity index (χ4n) is 2.70. The third-order valence-corrected chi connectivity index (χ3v) is 4.31. The molecule has 1 saturated heterocycles. The first kappa shape index (κ1) is 15.9. The van der Waals surface area contributed by atoms with Crippen LogP contribution in [0.5, 0.6) is 0 Å². The molecule has 0 radical (unpaired) electrons. The summed E-state index contributed by atoms with van der Waals surface area (Å²) in [7, 11) is 1.29. The SMILES string of the molecule is COC1O[C@H](c2cccc(C(=O)O)c2C)C(C)(O)[C@@]1(C)F. The Morgan fingerprint density at radius 1 is 1.43 bits per heavy atom. The van der Waals surface area contributed by atoms with Crippen LogP contribution < -0.4 is 0 Å². The first-order valence-corrected chi connectivity index (χ1v) is 6.57. The fraction of sp³-hybridized carbons (Fsp3) is 0.533. The summed E-state index contributed by atoms with van der Waals surface area (Å²) in [6.45, 7) is 4.13. The molecule has 6 heteroatoms. The van der Waals surface area contributed by atoms with Crippen LogP contribution in [0.25, 0.3) is 0 Å². The molecule has 21 heavy (non-hydrogen) atoms. The van der Waals surface area contributed by atoms with Crippen molar-refractivity contribution < 1.29 is 28.9 Å². The lowest BCUT2D eigenvalue weighted by Gasteiger charge is -2.33. The summed E-state index contributed by atoms with van der Waals surface area (Å²) < 4.78 is 25.2. The molecule has 0 amide bonds. The van der Waals surface area contributed by atoms with Gasteiger partial charge in [-0.25, -0.2) is 9.18 Å². The van der Waals surface area contributed by atoms with Gasteiger partial charge in [0.1, 0.15) is 11.7 Å². The van der Waals surface area contributed by atoms with Gasteiger partial charge in [-0.2, -0.15) is 0 Å². The van der Waals surface area contributed by atoms with Crippen molar-refractivity contribution in [2.75, 3.05) is 7.11 Å². The van der Waals surface area contributed by atoms with E-state index in [0.29, 0.717) is 11.1 Å². The van der Waals surface area contributed by atoms with Gasteiger partial charge in [-0.3, -0.25) is 0 Å². The highest BCUT2D eigenvalue weighted by molar-refractivity contribution is 5.89. The van der Waals surface area contributed by atoms with Gasteiger partial charge in [-0.05, 0) is 38.0 Å². The van der Waals surface area contributed by atoms with Gasteiger partial charge in [-0.15, -0.1) is 0 Å². The Kier molecular flexibility index (Phi) is 3.82. The first-order valence-electron chi connectivity index (χ1n) is 6.57. The van der Waals surface area contributed by atoms with Gasteiger partial charge < -0.3 is 19.7 Å². The molecule has 4 atom stereocenters. The average molecular weight is 298 g/mol. The van der Waals surface area contributed by atoms with Crippen LogP contribution in [0.3, 0.4) is 0 Å². The zero-order valence-electron chi connectivity index (χ0n) is 12.4. The third-order valence-electron chi connectivity index (χ3n) is 4.31. The van der Waals surface area contributed by atoms with Crippen molar-refractivity contribution in [2.45, 2.75) is 44.4 Å². The number of methoxy groups -OCH3 is 1. The highest BCUT2D eigenvalue weighted by atomic mass is 19.1. The molecule has 0 aromatic heterocycles. The molecule has 1 aliphatic heterocycles. The van der Waals surface area contributed by atoms with Crippen LogP contribution in [0.2, 0.25) is 0 Å². The summed E-state index contributed by atoms with van der Waals surface area (Å²) >= 11 is 0. The van der Waals surface area contributed by atoms with Gasteiger partial charge in [0, 0.05) is 7.11 Å². The summed E-state index contributed by atoms with van der Waals surface area (Å²) in [6.07, 6.45) is -2.25. The lowest BCUT2D eigenvalue weighted by Crippen LogP contribution is -2.50. The third kappa shape index (κ3) is 2.23. The minimum Gasteiger partial charge on any atom is -0.478 e. The molecule has 1 heterocycles. The fourth-order valence-corrected chi connectivity index (χ4v) is 2.70. The van der Waals surface area contributed by atoms with E-state index in [-0.39, 0.29) is 5.56 Å². The van der Waals surface area contributed by atoms with Crippen LogP contribution in [0.15, 0.2) is 18.2 Å². The van der Waals surface area contributed by atoms with Crippen LogP contribution in [0.4, 0.5) is 4.39 Å². The zero-order valence-corrected chi connectivity index (χ0v) is 12.4. The molecule has 2 unspecified atom stereocenters. The molecule has 0 spiro atoms. The summed E-state index contributed by atoms with van der Waals surface area (Å²) in [5, 5.41) is 19.7. The Hall–Kier alpha value is -1.50. The lowest BCUT2D eigenvalue weighted by atomic mass is 9.81. The quantitative estimate of drug-likeness (QED) is 0.895. The van der Waals surface area contributed by atoms with Crippen molar-refractivity contribution >= 4 is 5.97 Å². The van der Waals surface area contributed by atoms with E-state index in [4.69, 9.17) is 14.6 Å². The van der Waals surface area contributed by atoms with E-state index in [1.807, 2.05) is 0 Å². The smallest absolute Gasteiger partial charge is 0.335 e. The average Bonchev–Trinajstić information content (AvgIpc) is 2.56. The number of hydrogen-bond donors (Lipinski definition) is 2. The molecule has 1 aromatic rings. The number of ether oxygens (including phenoxy) is 2. The van der Waals surface area contributed by atoms with E-state index in [1.54, 1.807) is 19.1 Å². The van der Waals surface area contributed by atoms with Crippen molar-refractivity contribution in [1.82, 2.24) is 0 Å². The van der Waals surface area contributed by atoms with Gasteiger partial charge in [0.25, 0.3) is 0 Å². The van der Waals surface area contributed by atoms with E-state index in [1.165, 1.54) is 27.0 Å². The summed E-state index contributed by atoms with van der Waals surface area (Å²) in [4.78, 5) is 11.2. The highest BCUT2D eigenvalue weighted by Crippen LogP contribution is 2.50. The van der Waals surface area contributed by atoms with Crippen molar-refractivity contribution in [3.8, 4) is 0 Å². The molecule has 0 saturated carbocycles. The number of benzene rings is 1. The molecule has 0 aliphatic carbocycles. The lowest BCUT2D eigenvalue weighted by molar-refractivity contribution is -0.163. The highest BCUT2D eigenvalue weighted by Gasteiger charge is 2.63. The van der Waals surface area contributed by atoms with E-state index < -0.39 is 29.6 Å². The number of carbonyl (C=O) groups is 1. The van der Waals surface area contributed by atoms with Crippen LogP contribution in [0, 0.1) is 6.92 Å². The molecule has 1 aromatic carbocycles. The molecule has 5 nitrogen and oxygen atoms in total. The topological polar surface area (TPSA) is 76.0 Å². The van der Waals surface area contributed by atoms with E-state index in [2.05, 4.69) is 0 Å². The molecule has 2 rings (SSSR count). The Balaban J connectivity index is 2.53. The minimum absolute atomic E-state index is 0.0910. The summed E-state index contributed by atoms with van der Waals surface area (Å²) in [5.74, 6) is -1.08. The van der Waals surface area contributed by atoms with Gasteiger partial charge in [0.15, 0.2) is 12.0 Å². The van der Waals surface area contributed by atoms with Crippen LogP contribution in [-0.4, -0.2) is 40.9 Å². The maximum absolute atomic E-state index is 14.8. The second-order valence-corrected chi connectivity index (χ2v) is 5.63. The number of carboxylic acid groups (broad SMARTS) is 1. The largest absolute Gasteiger partial charge is 0.478 e. The van der Waals surface area contributed by atoms with Crippen molar-refractivity contribution in [3.63, 3.8) is 0 Å². The number of aliphatic hydroxyl groups is 1. The molecule has 2 N–H and O–H groups in total. The van der Waals surface area contributed by atoms with Gasteiger partial charge in [0.05, 0.1) is 5.56 Å². The number of carboxylic acids is 1. The van der Waals surface area contributed by atoms with E-state index in [9.17, 15) is 14.3 Å². The predicted octanol–water partition coefficient (Wildman–Crippen LogP) is 2.22. The molecular weight excluding hydrogens is 279 g/mol. The minimum atomic E-state index is -2.13. The van der Waals surface area contributed by atoms with Crippen LogP contribution in [-0.2, 0) is 9.47 Å². The summed E-state index contributed by atoms with van der Waals surface area (Å²) in [6, 6.07) is 4.61. The van der Waals surface area contributed by atoms with E-state index >= 15 is 0 Å². The van der Waals surface area contributed by atoms with Gasteiger partial charge in [-0.1, -0.05) is 12.1 Å². The number of halogens is 1. The molecule has 1 aliphatic rings. The maximum atomic E-state index is 14.8. The standard InChI is InChI=1S/C15H19FO5/c1-8-9(6-5-7-10(8)12(17)18)11-15(3,19)14(2,16)13(20-4)21-11/h5-7,11,13,19H,1-4H3,(H,17,18)/t11-,13?,14+,15?/m1/s1. The van der Waals surface area contributed by atoms with Crippen molar-refractivity contribution in [3.05, 3.63) is 34.9 Å². The maximum Gasteiger partial charge on any atom is 0.335 e. The summed E-state index contributed by atoms with van der Waals surface area (Å²) in [5.41, 5.74) is -3.02. The Bertz CT molecular complexity index is 567. The van der Waals surface area contributed by atoms with E-state index in [0.717, 1.165) is 0 Å². The second-order valence-electron chi connectivity index (χ2n) is 5.63. The van der Waals surface area contributed by atoms with Crippen LogP contribution in [0.1, 0.15) is 41.4 Å². The molecule has 1 fully saturated rings. The number of alkyl halides is 1. The van der Waals surface area contributed by atoms with Gasteiger partial charge in [0.2, 0.25) is 0 Å². The zero-order chi connectivity index (χ0) is 16.0. The Morgan fingerprint density at radius 3 is 2.52 bits per heavy atom. The number of rotatable bonds is 3. The monoisotopic (exact) mass is 298 g/mol. The normalized spacial score (nSPS) is 35.9. The number of hydrogen-bond acceptors (Lipinski definition) is 4.